The maximum Gasteiger partial charge on any atom is 0.250 e. The number of nitrogens with one attached hydrogen (secondary N) is 1. The van der Waals surface area contributed by atoms with Gasteiger partial charge in [0, 0.05) is 16.6 Å². The molecule has 5 nitrogen and oxygen atoms in total. The third kappa shape index (κ3) is 3.42. The molecule has 2 heterocycles. The van der Waals surface area contributed by atoms with E-state index in [4.69, 9.17) is 17.3 Å². The molecule has 1 aliphatic rings. The Labute approximate surface area is 168 Å². The fourth-order valence-electron chi connectivity index (χ4n) is 3.93. The first-order chi connectivity index (χ1) is 13.2. The van der Waals surface area contributed by atoms with Crippen molar-refractivity contribution >= 4 is 38.2 Å². The molecule has 0 saturated carbocycles. The van der Waals surface area contributed by atoms with Gasteiger partial charge in [0.15, 0.2) is 0 Å². The Kier molecular flexibility index (Phi) is 4.71. The minimum absolute atomic E-state index is 0.134. The van der Waals surface area contributed by atoms with Crippen LogP contribution < -0.4 is 5.73 Å². The van der Waals surface area contributed by atoms with Crippen molar-refractivity contribution in [3.63, 3.8) is 0 Å². The van der Waals surface area contributed by atoms with Gasteiger partial charge >= 0.3 is 0 Å². The van der Waals surface area contributed by atoms with E-state index in [-0.39, 0.29) is 17.4 Å². The van der Waals surface area contributed by atoms with Crippen molar-refractivity contribution in [3.05, 3.63) is 58.2 Å². The SMILES string of the molecule is Cc1ccc(-c2cc(C(N)=O)c3[nH]cc(C4CCS(=O)(=O)CC4)c3c2)cc1Cl. The maximum absolute atomic E-state index is 12.1. The highest BCUT2D eigenvalue weighted by atomic mass is 35.5. The molecular weight excluding hydrogens is 396 g/mol. The van der Waals surface area contributed by atoms with E-state index in [1.807, 2.05) is 37.4 Å². The number of fused-ring (bicyclic) bond motifs is 1. The van der Waals surface area contributed by atoms with Crippen LogP contribution in [-0.4, -0.2) is 30.8 Å². The fourth-order valence-corrected chi connectivity index (χ4v) is 5.60. The Morgan fingerprint density at radius 3 is 2.50 bits per heavy atom. The summed E-state index contributed by atoms with van der Waals surface area (Å²) in [6.07, 6.45) is 3.05. The molecule has 1 aromatic heterocycles. The molecule has 0 unspecified atom stereocenters. The third-order valence-electron chi connectivity index (χ3n) is 5.59. The van der Waals surface area contributed by atoms with Crippen molar-refractivity contribution in [3.8, 4) is 11.1 Å². The standard InChI is InChI=1S/C21H21ClN2O3S/c1-12-2-3-14(10-19(12)22)15-8-16-18(13-4-6-28(26,27)7-5-13)11-24-20(16)17(9-15)21(23)25/h2-3,8-11,13,24H,4-7H2,1H3,(H2,23,25). The van der Waals surface area contributed by atoms with Gasteiger partial charge in [0.05, 0.1) is 22.6 Å². The molecule has 7 heteroatoms. The summed E-state index contributed by atoms with van der Waals surface area (Å²) < 4.78 is 23.6. The molecule has 0 radical (unpaired) electrons. The topological polar surface area (TPSA) is 93.0 Å². The first kappa shape index (κ1) is 19.0. The number of aryl methyl sites for hydroxylation is 1. The molecule has 28 heavy (non-hydrogen) atoms. The number of aromatic nitrogens is 1. The number of primary amides is 1. The maximum atomic E-state index is 12.1. The Hall–Kier alpha value is -2.31. The molecule has 1 fully saturated rings. The quantitative estimate of drug-likeness (QED) is 0.670. The second-order valence-electron chi connectivity index (χ2n) is 7.44. The van der Waals surface area contributed by atoms with Crippen molar-refractivity contribution in [1.29, 1.82) is 0 Å². The molecule has 0 spiro atoms. The highest BCUT2D eigenvalue weighted by Crippen LogP contribution is 2.37. The number of benzene rings is 2. The van der Waals surface area contributed by atoms with Crippen LogP contribution in [0.3, 0.4) is 0 Å². The highest BCUT2D eigenvalue weighted by molar-refractivity contribution is 7.91. The lowest BCUT2D eigenvalue weighted by Gasteiger charge is -2.21. The zero-order valence-corrected chi connectivity index (χ0v) is 17.0. The molecular formula is C21H21ClN2O3S. The van der Waals surface area contributed by atoms with Gasteiger partial charge in [-0.25, -0.2) is 8.42 Å². The normalized spacial score (nSPS) is 17.1. The number of aromatic amines is 1. The molecule has 1 aliphatic heterocycles. The Morgan fingerprint density at radius 2 is 1.86 bits per heavy atom. The van der Waals surface area contributed by atoms with Gasteiger partial charge in [0.2, 0.25) is 0 Å². The summed E-state index contributed by atoms with van der Waals surface area (Å²) in [5.41, 5.74) is 10.5. The van der Waals surface area contributed by atoms with Crippen LogP contribution in [0.5, 0.6) is 0 Å². The van der Waals surface area contributed by atoms with Crippen molar-refractivity contribution in [2.24, 2.45) is 5.73 Å². The molecule has 1 amide bonds. The summed E-state index contributed by atoms with van der Waals surface area (Å²) in [7, 11) is -2.94. The summed E-state index contributed by atoms with van der Waals surface area (Å²) >= 11 is 6.29. The molecule has 0 bridgehead atoms. The van der Waals surface area contributed by atoms with Crippen molar-refractivity contribution in [1.82, 2.24) is 4.98 Å². The van der Waals surface area contributed by atoms with E-state index in [1.165, 1.54) is 0 Å². The highest BCUT2D eigenvalue weighted by Gasteiger charge is 2.27. The number of carbonyl (C=O) groups is 1. The molecule has 3 aromatic rings. The van der Waals surface area contributed by atoms with E-state index < -0.39 is 15.7 Å². The Bertz CT molecular complexity index is 1180. The molecule has 146 valence electrons. The van der Waals surface area contributed by atoms with Gasteiger partial charge in [-0.1, -0.05) is 23.7 Å². The van der Waals surface area contributed by atoms with E-state index in [1.54, 1.807) is 6.07 Å². The molecule has 3 N–H and O–H groups in total. The average molecular weight is 417 g/mol. The van der Waals surface area contributed by atoms with Crippen molar-refractivity contribution < 1.29 is 13.2 Å². The third-order valence-corrected chi connectivity index (χ3v) is 7.71. The number of sulfone groups is 1. The number of nitrogens with two attached hydrogens (primary N) is 1. The van der Waals surface area contributed by atoms with Gasteiger partial charge in [-0.2, -0.15) is 0 Å². The second-order valence-corrected chi connectivity index (χ2v) is 10.2. The molecule has 4 rings (SSSR count). The van der Waals surface area contributed by atoms with Crippen LogP contribution in [0.2, 0.25) is 5.02 Å². The van der Waals surface area contributed by atoms with E-state index >= 15 is 0 Å². The number of rotatable bonds is 3. The minimum Gasteiger partial charge on any atom is -0.366 e. The van der Waals surface area contributed by atoms with Crippen LogP contribution in [-0.2, 0) is 9.84 Å². The summed E-state index contributed by atoms with van der Waals surface area (Å²) in [5, 5.41) is 1.57. The lowest BCUT2D eigenvalue weighted by Crippen LogP contribution is -2.22. The van der Waals surface area contributed by atoms with E-state index in [2.05, 4.69) is 4.98 Å². The first-order valence-electron chi connectivity index (χ1n) is 9.17. The predicted octanol–water partition coefficient (Wildman–Crippen LogP) is 4.19. The van der Waals surface area contributed by atoms with Crippen LogP contribution in [0.25, 0.3) is 22.0 Å². The van der Waals surface area contributed by atoms with Crippen LogP contribution in [0.4, 0.5) is 0 Å². The second kappa shape index (κ2) is 6.94. The summed E-state index contributed by atoms with van der Waals surface area (Å²) in [4.78, 5) is 15.3. The van der Waals surface area contributed by atoms with Gasteiger partial charge in [-0.3, -0.25) is 4.79 Å². The van der Waals surface area contributed by atoms with Gasteiger partial charge < -0.3 is 10.7 Å². The number of H-pyrrole nitrogens is 1. The van der Waals surface area contributed by atoms with Crippen molar-refractivity contribution in [2.75, 3.05) is 11.5 Å². The van der Waals surface area contributed by atoms with E-state index in [0.717, 1.165) is 27.6 Å². The average Bonchev–Trinajstić information content (AvgIpc) is 3.07. The van der Waals surface area contributed by atoms with E-state index in [0.29, 0.717) is 28.9 Å². The predicted molar refractivity (Wildman–Crippen MR) is 113 cm³/mol. The number of carbonyl (C=O) groups excluding carboxylic acids is 1. The van der Waals surface area contributed by atoms with Gasteiger partial charge in [0.25, 0.3) is 5.91 Å². The van der Waals surface area contributed by atoms with Crippen LogP contribution >= 0.6 is 11.6 Å². The largest absolute Gasteiger partial charge is 0.366 e. The van der Waals surface area contributed by atoms with Crippen LogP contribution in [0.15, 0.2) is 36.5 Å². The van der Waals surface area contributed by atoms with Gasteiger partial charge in [0.1, 0.15) is 9.84 Å². The molecule has 1 saturated heterocycles. The fraction of sp³-hybridized carbons (Fsp3) is 0.286. The van der Waals surface area contributed by atoms with Crippen LogP contribution in [0, 0.1) is 6.92 Å². The molecule has 0 atom stereocenters. The molecule has 0 aliphatic carbocycles. The van der Waals surface area contributed by atoms with Crippen LogP contribution in [0.1, 0.15) is 40.2 Å². The summed E-state index contributed by atoms with van der Waals surface area (Å²) in [5.74, 6) is 0.0140. The lowest BCUT2D eigenvalue weighted by molar-refractivity contribution is 0.100. The smallest absolute Gasteiger partial charge is 0.250 e. The lowest BCUT2D eigenvalue weighted by atomic mass is 9.90. The summed E-state index contributed by atoms with van der Waals surface area (Å²) in [6.45, 7) is 1.94. The first-order valence-corrected chi connectivity index (χ1v) is 11.4. The number of amides is 1. The van der Waals surface area contributed by atoms with Gasteiger partial charge in [-0.15, -0.1) is 0 Å². The zero-order chi connectivity index (χ0) is 20.1. The Morgan fingerprint density at radius 1 is 1.14 bits per heavy atom. The van der Waals surface area contributed by atoms with Gasteiger partial charge in [-0.05, 0) is 66.1 Å². The Balaban J connectivity index is 1.86. The minimum atomic E-state index is -2.94. The monoisotopic (exact) mass is 416 g/mol. The number of hydrogen-bond donors (Lipinski definition) is 2. The summed E-state index contributed by atoms with van der Waals surface area (Å²) in [6, 6.07) is 9.58. The van der Waals surface area contributed by atoms with E-state index in [9.17, 15) is 13.2 Å². The molecule has 2 aromatic carbocycles. The van der Waals surface area contributed by atoms with Crippen molar-refractivity contribution in [2.45, 2.75) is 25.7 Å². The number of hydrogen-bond acceptors (Lipinski definition) is 3. The zero-order valence-electron chi connectivity index (χ0n) is 15.5. The number of halogens is 1.